The molecule has 4 atom stereocenters. The van der Waals surface area contributed by atoms with Gasteiger partial charge in [0.15, 0.2) is 0 Å². The van der Waals surface area contributed by atoms with E-state index in [2.05, 4.69) is 48.5 Å². The van der Waals surface area contributed by atoms with E-state index in [1.165, 1.54) is 21.5 Å². The Hall–Kier alpha value is -2.33. The number of aliphatic hydroxyl groups excluding tert-OH is 2. The van der Waals surface area contributed by atoms with Gasteiger partial charge in [-0.15, -0.1) is 0 Å². The molecule has 4 unspecified atom stereocenters. The van der Waals surface area contributed by atoms with Crippen LogP contribution in [0, 0.1) is 10.2 Å². The zero-order valence-corrected chi connectivity index (χ0v) is 16.2. The molecule has 154 valence electrons. The van der Waals surface area contributed by atoms with E-state index in [1.807, 2.05) is 12.1 Å². The van der Waals surface area contributed by atoms with Crippen LogP contribution < -0.4 is 14.0 Å². The van der Waals surface area contributed by atoms with Gasteiger partial charge in [-0.2, -0.15) is 14.0 Å². The average molecular weight is 429 g/mol. The maximum Gasteiger partial charge on any atom is 0.118 e. The molecule has 0 amide bonds. The van der Waals surface area contributed by atoms with Crippen molar-refractivity contribution in [2.24, 2.45) is 0 Å². The summed E-state index contributed by atoms with van der Waals surface area (Å²) in [5.74, 6) is 0. The fourth-order valence-corrected chi connectivity index (χ4v) is 4.42. The van der Waals surface area contributed by atoms with E-state index in [-0.39, 0.29) is 12.2 Å². The fraction of sp³-hybridized carbons (Fsp3) is 0.182. The maximum absolute atomic E-state index is 10.4. The second-order valence-electron chi connectivity index (χ2n) is 7.50. The van der Waals surface area contributed by atoms with Crippen molar-refractivity contribution in [3.05, 3.63) is 71.8 Å². The molecule has 0 aromatic heterocycles. The molecule has 1 saturated heterocycles. The number of aliphatic hydroxyl groups is 2. The average Bonchev–Trinajstić information content (AvgIpc) is 3.49. The van der Waals surface area contributed by atoms with Crippen molar-refractivity contribution in [2.45, 2.75) is 24.4 Å². The summed E-state index contributed by atoms with van der Waals surface area (Å²) in [7, 11) is -4.69. The van der Waals surface area contributed by atoms with Crippen LogP contribution in [-0.2, 0) is 4.74 Å². The highest BCUT2D eigenvalue weighted by molar-refractivity contribution is 6.12. The molecule has 3 N–H and O–H groups in total. The molecule has 1 aliphatic carbocycles. The van der Waals surface area contributed by atoms with E-state index in [1.54, 1.807) is 0 Å². The summed E-state index contributed by atoms with van der Waals surface area (Å²) in [6.45, 7) is 0. The Morgan fingerprint density at radius 2 is 1.40 bits per heavy atom. The molecule has 1 aliphatic heterocycles. The van der Waals surface area contributed by atoms with E-state index in [0.717, 1.165) is 21.9 Å². The molecule has 7 nitrogen and oxygen atoms in total. The van der Waals surface area contributed by atoms with Crippen LogP contribution in [-0.4, -0.2) is 27.1 Å². The standard InChI is InChI=1S/C22H16O3.ClHO4/c23-19-15-8-7-13-9-12-6-5-11-3-1-2-4-14(11)16(12)10-17(13)18(15)21-22(25-21)20(19)24;2-1(3,4)5/h1-10,19-24H;(H,2,3,4,5). The van der Waals surface area contributed by atoms with Crippen molar-refractivity contribution >= 4 is 32.3 Å². The van der Waals surface area contributed by atoms with E-state index < -0.39 is 22.5 Å². The summed E-state index contributed by atoms with van der Waals surface area (Å²) in [5, 5.41) is 27.7. The molecule has 30 heavy (non-hydrogen) atoms. The van der Waals surface area contributed by atoms with Gasteiger partial charge < -0.3 is 14.9 Å². The molecule has 8 heteroatoms. The van der Waals surface area contributed by atoms with Crippen molar-refractivity contribution in [1.29, 1.82) is 0 Å². The van der Waals surface area contributed by atoms with Crippen LogP contribution in [0.5, 0.6) is 0 Å². The van der Waals surface area contributed by atoms with Crippen molar-refractivity contribution in [1.82, 2.24) is 0 Å². The van der Waals surface area contributed by atoms with Crippen molar-refractivity contribution in [3.63, 3.8) is 0 Å². The van der Waals surface area contributed by atoms with Crippen LogP contribution in [0.1, 0.15) is 23.3 Å². The lowest BCUT2D eigenvalue weighted by molar-refractivity contribution is -1.92. The summed E-state index contributed by atoms with van der Waals surface area (Å²) < 4.78 is 38.4. The zero-order chi connectivity index (χ0) is 21.2. The van der Waals surface area contributed by atoms with Crippen LogP contribution in [0.25, 0.3) is 32.3 Å². The van der Waals surface area contributed by atoms with Gasteiger partial charge in [0.2, 0.25) is 0 Å². The summed E-state index contributed by atoms with van der Waals surface area (Å²) in [5.41, 5.74) is 1.83. The summed E-state index contributed by atoms with van der Waals surface area (Å²) in [4.78, 5) is 0. The minimum Gasteiger partial charge on any atom is -0.387 e. The molecular weight excluding hydrogens is 412 g/mol. The van der Waals surface area contributed by atoms with Crippen LogP contribution in [0.4, 0.5) is 0 Å². The molecule has 4 aromatic carbocycles. The first-order valence-corrected chi connectivity index (χ1v) is 10.5. The van der Waals surface area contributed by atoms with E-state index in [0.29, 0.717) is 0 Å². The first-order chi connectivity index (χ1) is 14.2. The molecule has 1 fully saturated rings. The highest BCUT2D eigenvalue weighted by Crippen LogP contribution is 2.53. The molecule has 2 aliphatic rings. The third-order valence-corrected chi connectivity index (χ3v) is 5.75. The summed E-state index contributed by atoms with van der Waals surface area (Å²) >= 11 is 0. The van der Waals surface area contributed by atoms with Crippen LogP contribution >= 0.6 is 0 Å². The maximum atomic E-state index is 10.4. The molecule has 0 bridgehead atoms. The second kappa shape index (κ2) is 6.84. The fourth-order valence-electron chi connectivity index (χ4n) is 4.42. The van der Waals surface area contributed by atoms with Gasteiger partial charge in [0.1, 0.15) is 24.4 Å². The highest BCUT2D eigenvalue weighted by Gasteiger charge is 2.54. The number of hydrogen-bond donors (Lipinski definition) is 3. The molecule has 0 saturated carbocycles. The van der Waals surface area contributed by atoms with E-state index >= 15 is 0 Å². The van der Waals surface area contributed by atoms with Crippen LogP contribution in [0.3, 0.4) is 0 Å². The lowest BCUT2D eigenvalue weighted by Crippen LogP contribution is -2.58. The van der Waals surface area contributed by atoms with E-state index in [9.17, 15) is 10.2 Å². The minimum atomic E-state index is -4.69. The number of benzene rings is 4. The van der Waals surface area contributed by atoms with Gasteiger partial charge >= 0.3 is 0 Å². The second-order valence-corrected chi connectivity index (χ2v) is 8.29. The lowest BCUT2D eigenvalue weighted by Gasteiger charge is -2.24. The van der Waals surface area contributed by atoms with Gasteiger partial charge in [0.05, 0.1) is 14.9 Å². The van der Waals surface area contributed by atoms with Crippen LogP contribution in [0.15, 0.2) is 60.7 Å². The first kappa shape index (κ1) is 19.6. The monoisotopic (exact) mass is 428 g/mol. The van der Waals surface area contributed by atoms with Gasteiger partial charge in [-0.05, 0) is 55.6 Å². The van der Waals surface area contributed by atoms with Gasteiger partial charge in [-0.3, -0.25) is 0 Å². The van der Waals surface area contributed by atoms with Gasteiger partial charge in [-0.1, -0.05) is 48.5 Å². The Kier molecular flexibility index (Phi) is 4.48. The Morgan fingerprint density at radius 3 is 2.17 bits per heavy atom. The number of hydrogen-bond acceptors (Lipinski definition) is 7. The van der Waals surface area contributed by atoms with Gasteiger partial charge in [0.25, 0.3) is 0 Å². The minimum absolute atomic E-state index is 0.107. The zero-order valence-electron chi connectivity index (χ0n) is 15.4. The Labute approximate surface area is 172 Å². The van der Waals surface area contributed by atoms with Crippen molar-refractivity contribution in [2.75, 3.05) is 0 Å². The quantitative estimate of drug-likeness (QED) is 0.201. The normalized spacial score (nSPS) is 24.9. The Balaban J connectivity index is 0.000000349. The summed E-state index contributed by atoms with van der Waals surface area (Å²) in [6.07, 6.45) is -2.11. The Morgan fingerprint density at radius 1 is 0.767 bits per heavy atom. The molecule has 0 spiro atoms. The molecular formula is C22H17ClO7. The third kappa shape index (κ3) is 3.31. The molecule has 4 aromatic rings. The SMILES string of the molecule is OC1c2ccc3cc4ccc5ccccc5c4cc3c2C2OC2C1O.[O-][Cl+3]([O-])([O-])O. The van der Waals surface area contributed by atoms with Crippen LogP contribution in [0.2, 0.25) is 0 Å². The predicted octanol–water partition coefficient (Wildman–Crippen LogP) is -0.130. The Bertz CT molecular complexity index is 1280. The van der Waals surface area contributed by atoms with Crippen molar-refractivity contribution in [3.8, 4) is 0 Å². The molecule has 0 radical (unpaired) electrons. The van der Waals surface area contributed by atoms with Crippen molar-refractivity contribution < 1.29 is 43.8 Å². The molecule has 1 heterocycles. The number of epoxide rings is 1. The molecule has 6 rings (SSSR count). The highest BCUT2D eigenvalue weighted by atomic mass is 35.7. The topological polar surface area (TPSA) is 142 Å². The van der Waals surface area contributed by atoms with Gasteiger partial charge in [0, 0.05) is 0 Å². The predicted molar refractivity (Wildman–Crippen MR) is 99.8 cm³/mol. The number of rotatable bonds is 0. The number of halogens is 1. The third-order valence-electron chi connectivity index (χ3n) is 5.75. The largest absolute Gasteiger partial charge is 0.387 e. The lowest BCUT2D eigenvalue weighted by atomic mass is 9.83. The smallest absolute Gasteiger partial charge is 0.118 e. The summed E-state index contributed by atoms with van der Waals surface area (Å²) in [6, 6.07) is 21.1. The number of ether oxygens (including phenoxy) is 1. The number of fused-ring (bicyclic) bond motifs is 8. The first-order valence-electron chi connectivity index (χ1n) is 9.25. The van der Waals surface area contributed by atoms with E-state index in [4.69, 9.17) is 23.4 Å². The van der Waals surface area contributed by atoms with Gasteiger partial charge in [-0.25, -0.2) is 0 Å².